The van der Waals surface area contributed by atoms with Crippen molar-refractivity contribution in [3.63, 3.8) is 0 Å². The zero-order valence-corrected chi connectivity index (χ0v) is 8.64. The fraction of sp³-hybridized carbons (Fsp3) is 0.182. The molecule has 0 spiro atoms. The van der Waals surface area contributed by atoms with Gasteiger partial charge in [-0.3, -0.25) is 0 Å². The molecule has 1 aliphatic heterocycles. The van der Waals surface area contributed by atoms with Crippen LogP contribution in [0.4, 0.5) is 0 Å². The number of hydrogen-bond donors (Lipinski definition) is 2. The van der Waals surface area contributed by atoms with E-state index in [-0.39, 0.29) is 0 Å². The molecule has 1 aromatic rings. The maximum absolute atomic E-state index is 5.40. The summed E-state index contributed by atoms with van der Waals surface area (Å²) < 4.78 is 0. The molecule has 0 unspecified atom stereocenters. The molecule has 1 aliphatic rings. The van der Waals surface area contributed by atoms with Gasteiger partial charge in [0.1, 0.15) is 0 Å². The van der Waals surface area contributed by atoms with Gasteiger partial charge in [0, 0.05) is 18.8 Å². The maximum atomic E-state index is 5.40. The molecule has 3 N–H and O–H groups in total. The maximum Gasteiger partial charge on any atom is 0.158 e. The Hall–Kier alpha value is -1.97. The number of nitrogens with zero attached hydrogens (tertiary/aromatic N) is 2. The highest BCUT2D eigenvalue weighted by molar-refractivity contribution is 6.22. The molecule has 0 saturated carbocycles. The van der Waals surface area contributed by atoms with Crippen LogP contribution in [0.2, 0.25) is 0 Å². The van der Waals surface area contributed by atoms with Gasteiger partial charge in [0.05, 0.1) is 6.67 Å². The van der Waals surface area contributed by atoms with Crippen molar-refractivity contribution in [2.24, 2.45) is 10.9 Å². The molecule has 2 rings (SSSR count). The van der Waals surface area contributed by atoms with Crippen molar-refractivity contribution >= 4 is 11.4 Å². The first-order valence-electron chi connectivity index (χ1n) is 4.81. The summed E-state index contributed by atoms with van der Waals surface area (Å²) in [6.07, 6.45) is 1.95. The molecule has 15 heavy (non-hydrogen) atoms. The van der Waals surface area contributed by atoms with Crippen LogP contribution < -0.4 is 11.2 Å². The first-order chi connectivity index (χ1) is 7.33. The van der Waals surface area contributed by atoms with Gasteiger partial charge in [-0.15, -0.1) is 0 Å². The van der Waals surface area contributed by atoms with Crippen LogP contribution in [0.5, 0.6) is 0 Å². The first-order valence-corrected chi connectivity index (χ1v) is 4.81. The molecular weight excluding hydrogens is 188 g/mol. The van der Waals surface area contributed by atoms with E-state index in [1.54, 1.807) is 0 Å². The highest BCUT2D eigenvalue weighted by Gasteiger charge is 2.17. The van der Waals surface area contributed by atoms with Gasteiger partial charge in [-0.1, -0.05) is 30.3 Å². The molecule has 1 aromatic carbocycles. The van der Waals surface area contributed by atoms with Crippen LogP contribution in [-0.4, -0.2) is 24.5 Å². The third kappa shape index (κ3) is 1.79. The van der Waals surface area contributed by atoms with Crippen LogP contribution in [0.25, 0.3) is 5.57 Å². The van der Waals surface area contributed by atoms with Gasteiger partial charge in [0.15, 0.2) is 5.84 Å². The van der Waals surface area contributed by atoms with Crippen molar-refractivity contribution in [1.29, 1.82) is 0 Å². The fourth-order valence-electron chi connectivity index (χ4n) is 1.63. The smallest absolute Gasteiger partial charge is 0.158 e. The van der Waals surface area contributed by atoms with Crippen LogP contribution in [0.1, 0.15) is 5.56 Å². The number of rotatable bonds is 1. The van der Waals surface area contributed by atoms with E-state index < -0.39 is 0 Å². The Morgan fingerprint density at radius 2 is 2.07 bits per heavy atom. The largest absolute Gasteiger partial charge is 0.373 e. The number of hydrogen-bond acceptors (Lipinski definition) is 3. The zero-order valence-electron chi connectivity index (χ0n) is 8.64. The van der Waals surface area contributed by atoms with Crippen molar-refractivity contribution in [3.8, 4) is 0 Å². The summed E-state index contributed by atoms with van der Waals surface area (Å²) in [5.74, 6) is 6.20. The Morgan fingerprint density at radius 3 is 2.73 bits per heavy atom. The van der Waals surface area contributed by atoms with Crippen molar-refractivity contribution in [2.75, 3.05) is 13.7 Å². The van der Waals surface area contributed by atoms with Crippen LogP contribution in [-0.2, 0) is 0 Å². The zero-order chi connectivity index (χ0) is 10.7. The predicted molar refractivity (Wildman–Crippen MR) is 61.8 cm³/mol. The lowest BCUT2D eigenvalue weighted by atomic mass is 10.0. The number of benzene rings is 1. The molecule has 0 atom stereocenters. The lowest BCUT2D eigenvalue weighted by Gasteiger charge is -2.27. The number of nitrogens with one attached hydrogen (secondary N) is 1. The number of nitrogens with two attached hydrogens (primary N) is 1. The highest BCUT2D eigenvalue weighted by atomic mass is 15.3. The Kier molecular flexibility index (Phi) is 2.58. The van der Waals surface area contributed by atoms with E-state index in [1.807, 2.05) is 48.5 Å². The summed E-state index contributed by atoms with van der Waals surface area (Å²) in [4.78, 5) is 1.97. The average Bonchev–Trinajstić information content (AvgIpc) is 2.30. The van der Waals surface area contributed by atoms with Crippen molar-refractivity contribution in [2.45, 2.75) is 0 Å². The molecule has 0 radical (unpaired) electrons. The predicted octanol–water partition coefficient (Wildman–Crippen LogP) is 0.792. The topological polar surface area (TPSA) is 53.6 Å². The van der Waals surface area contributed by atoms with Gasteiger partial charge in [0.2, 0.25) is 0 Å². The van der Waals surface area contributed by atoms with Crippen LogP contribution in [0.15, 0.2) is 41.6 Å². The number of amidine groups is 1. The standard InChI is InChI=1S/C11H14N4/c1-15-8-13-7-10(11(15)14-12)9-5-3-2-4-6-9/h2-7,13H,8,12H2,1H3. The third-order valence-corrected chi connectivity index (χ3v) is 2.38. The molecule has 4 nitrogen and oxygen atoms in total. The summed E-state index contributed by atoms with van der Waals surface area (Å²) in [6.45, 7) is 0.729. The van der Waals surface area contributed by atoms with Gasteiger partial charge >= 0.3 is 0 Å². The van der Waals surface area contributed by atoms with Gasteiger partial charge in [-0.05, 0) is 5.56 Å². The van der Waals surface area contributed by atoms with Crippen LogP contribution in [0, 0.1) is 0 Å². The molecular formula is C11H14N4. The molecule has 0 aromatic heterocycles. The minimum absolute atomic E-state index is 0.729. The van der Waals surface area contributed by atoms with E-state index in [9.17, 15) is 0 Å². The number of hydrazone groups is 1. The highest BCUT2D eigenvalue weighted by Crippen LogP contribution is 2.18. The normalized spacial score (nSPS) is 18.6. The second-order valence-corrected chi connectivity index (χ2v) is 3.44. The van der Waals surface area contributed by atoms with Gasteiger partial charge < -0.3 is 16.1 Å². The average molecular weight is 202 g/mol. The molecule has 0 saturated heterocycles. The first kappa shape index (κ1) is 9.58. The quantitative estimate of drug-likeness (QED) is 0.523. The van der Waals surface area contributed by atoms with Crippen LogP contribution >= 0.6 is 0 Å². The van der Waals surface area contributed by atoms with E-state index in [2.05, 4.69) is 10.4 Å². The molecule has 1 heterocycles. The van der Waals surface area contributed by atoms with E-state index in [1.165, 1.54) is 0 Å². The van der Waals surface area contributed by atoms with E-state index in [4.69, 9.17) is 5.84 Å². The van der Waals surface area contributed by atoms with Gasteiger partial charge in [-0.2, -0.15) is 5.10 Å². The molecule has 0 aliphatic carbocycles. The second-order valence-electron chi connectivity index (χ2n) is 3.44. The van der Waals surface area contributed by atoms with Gasteiger partial charge in [0.25, 0.3) is 0 Å². The lowest BCUT2D eigenvalue weighted by molar-refractivity contribution is 0.475. The molecule has 0 fully saturated rings. The van der Waals surface area contributed by atoms with E-state index in [0.717, 1.165) is 23.6 Å². The lowest BCUT2D eigenvalue weighted by Crippen LogP contribution is -2.39. The Labute approximate surface area is 89.1 Å². The Balaban J connectivity index is 2.40. The summed E-state index contributed by atoms with van der Waals surface area (Å²) in [5, 5.41) is 7.00. The summed E-state index contributed by atoms with van der Waals surface area (Å²) in [5.41, 5.74) is 2.13. The molecule has 78 valence electrons. The minimum Gasteiger partial charge on any atom is -0.373 e. The van der Waals surface area contributed by atoms with Crippen molar-refractivity contribution < 1.29 is 0 Å². The summed E-state index contributed by atoms with van der Waals surface area (Å²) >= 11 is 0. The molecule has 0 bridgehead atoms. The number of likely N-dealkylation sites (N-methyl/N-ethyl adjacent to an activating group) is 1. The minimum atomic E-state index is 0.729. The van der Waals surface area contributed by atoms with Crippen molar-refractivity contribution in [1.82, 2.24) is 10.2 Å². The summed E-state index contributed by atoms with van der Waals surface area (Å²) in [7, 11) is 1.95. The summed E-state index contributed by atoms with van der Waals surface area (Å²) in [6, 6.07) is 10.1. The third-order valence-electron chi connectivity index (χ3n) is 2.38. The Morgan fingerprint density at radius 1 is 1.33 bits per heavy atom. The SMILES string of the molecule is CN1CNC=C(c2ccccc2)C1=NN. The Bertz CT molecular complexity index is 394. The second kappa shape index (κ2) is 4.04. The van der Waals surface area contributed by atoms with E-state index in [0.29, 0.717) is 0 Å². The molecule has 4 heteroatoms. The van der Waals surface area contributed by atoms with Gasteiger partial charge in [-0.25, -0.2) is 0 Å². The van der Waals surface area contributed by atoms with E-state index >= 15 is 0 Å². The van der Waals surface area contributed by atoms with Crippen LogP contribution in [0.3, 0.4) is 0 Å². The van der Waals surface area contributed by atoms with Crippen molar-refractivity contribution in [3.05, 3.63) is 42.1 Å². The fourth-order valence-corrected chi connectivity index (χ4v) is 1.63. The monoisotopic (exact) mass is 202 g/mol. The molecule has 0 amide bonds.